The molecule has 0 aliphatic heterocycles. The van der Waals surface area contributed by atoms with Crippen molar-refractivity contribution in [3.05, 3.63) is 11.3 Å². The van der Waals surface area contributed by atoms with Crippen LogP contribution in [0, 0.1) is 0 Å². The van der Waals surface area contributed by atoms with E-state index in [2.05, 4.69) is 75.9 Å². The number of hydrogen-bond donors (Lipinski definition) is 0. The van der Waals surface area contributed by atoms with E-state index in [0.29, 0.717) is 0 Å². The third kappa shape index (κ3) is 4.62. The van der Waals surface area contributed by atoms with Crippen LogP contribution in [0.3, 0.4) is 0 Å². The fraction of sp³-hybridized carbons (Fsp3) is 0.846. The third-order valence-corrected chi connectivity index (χ3v) is 11.3. The van der Waals surface area contributed by atoms with Gasteiger partial charge in [0.25, 0.3) is 8.56 Å². The maximum absolute atomic E-state index is 2.47. The van der Waals surface area contributed by atoms with E-state index in [1.807, 2.05) is 0 Å². The molecule has 0 aromatic rings. The van der Waals surface area contributed by atoms with Gasteiger partial charge in [0, 0.05) is 9.52 Å². The Morgan fingerprint density at radius 1 is 1.00 bits per heavy atom. The molecule has 0 aromatic carbocycles. The highest BCUT2D eigenvalue weighted by Crippen LogP contribution is 2.21. The van der Waals surface area contributed by atoms with Crippen molar-refractivity contribution in [3.63, 3.8) is 0 Å². The summed E-state index contributed by atoms with van der Waals surface area (Å²) in [6.45, 7) is 4.46. The lowest BCUT2D eigenvalue weighted by Gasteiger charge is -2.46. The lowest BCUT2D eigenvalue weighted by Crippen LogP contribution is -2.69. The van der Waals surface area contributed by atoms with Crippen LogP contribution in [0.25, 0.3) is 0 Å². The molecule has 0 saturated heterocycles. The van der Waals surface area contributed by atoms with Gasteiger partial charge < -0.3 is 13.7 Å². The lowest BCUT2D eigenvalue weighted by atomic mass is 10.6. The Hall–Kier alpha value is 0.0538. The predicted molar refractivity (Wildman–Crippen MR) is 89.0 cm³/mol. The summed E-state index contributed by atoms with van der Waals surface area (Å²) < 4.78 is 7.41. The van der Waals surface area contributed by atoms with E-state index < -0.39 is 8.56 Å². The number of allylic oxidation sites excluding steroid dienone is 2. The summed E-state index contributed by atoms with van der Waals surface area (Å²) in [6, 6.07) is 2.78. The normalized spacial score (nSPS) is 14.7. The Morgan fingerprint density at radius 3 is 1.78 bits per heavy atom. The summed E-state index contributed by atoms with van der Waals surface area (Å²) in [4.78, 5) is 0. The summed E-state index contributed by atoms with van der Waals surface area (Å²) in [5.74, 6) is 0. The molecule has 18 heavy (non-hydrogen) atoms. The van der Waals surface area contributed by atoms with Crippen molar-refractivity contribution in [1.82, 2.24) is 13.7 Å². The van der Waals surface area contributed by atoms with Crippen LogP contribution in [0.1, 0.15) is 20.3 Å². The SMILES string of the molecule is CC=C(C)[SiH2]CCC[Si](N(C)C)(N(C)C)N(C)C. The van der Waals surface area contributed by atoms with Crippen LogP contribution in [0.2, 0.25) is 12.1 Å². The van der Waals surface area contributed by atoms with Crippen molar-refractivity contribution in [2.45, 2.75) is 32.4 Å². The highest BCUT2D eigenvalue weighted by molar-refractivity contribution is 6.71. The lowest BCUT2D eigenvalue weighted by molar-refractivity contribution is 0.374. The molecule has 0 N–H and O–H groups in total. The van der Waals surface area contributed by atoms with Crippen molar-refractivity contribution in [2.24, 2.45) is 0 Å². The largest absolute Gasteiger partial charge is 0.305 e. The molecule has 3 nitrogen and oxygen atoms in total. The zero-order valence-electron chi connectivity index (χ0n) is 13.7. The number of nitrogens with zero attached hydrogens (tertiary/aromatic N) is 3. The molecule has 0 radical (unpaired) electrons. The van der Waals surface area contributed by atoms with E-state index in [-0.39, 0.29) is 9.52 Å². The van der Waals surface area contributed by atoms with Crippen LogP contribution in [0.4, 0.5) is 0 Å². The van der Waals surface area contributed by atoms with E-state index in [1.165, 1.54) is 18.5 Å². The van der Waals surface area contributed by atoms with Crippen molar-refractivity contribution in [2.75, 3.05) is 42.3 Å². The van der Waals surface area contributed by atoms with E-state index in [0.717, 1.165) is 0 Å². The Kier molecular flexibility index (Phi) is 8.29. The monoisotopic (exact) mass is 287 g/mol. The van der Waals surface area contributed by atoms with Gasteiger partial charge in [0.2, 0.25) is 0 Å². The van der Waals surface area contributed by atoms with Gasteiger partial charge in [0.05, 0.1) is 0 Å². The first-order valence-electron chi connectivity index (χ1n) is 6.93. The number of rotatable bonds is 8. The second-order valence-corrected chi connectivity index (χ2v) is 12.9. The molecular formula is C13H33N3Si2. The molecule has 0 bridgehead atoms. The molecule has 0 aliphatic rings. The first kappa shape index (κ1) is 18.1. The maximum Gasteiger partial charge on any atom is 0.288 e. The Bertz CT molecular complexity index is 241. The summed E-state index contributed by atoms with van der Waals surface area (Å²) >= 11 is 0. The predicted octanol–water partition coefficient (Wildman–Crippen LogP) is 1.51. The molecule has 0 aromatic heterocycles. The van der Waals surface area contributed by atoms with Crippen LogP contribution in [-0.2, 0) is 0 Å². The van der Waals surface area contributed by atoms with Gasteiger partial charge >= 0.3 is 0 Å². The molecule has 0 spiro atoms. The molecule has 0 amide bonds. The van der Waals surface area contributed by atoms with Crippen molar-refractivity contribution in [1.29, 1.82) is 0 Å². The summed E-state index contributed by atoms with van der Waals surface area (Å²) in [5.41, 5.74) is 0. The van der Waals surface area contributed by atoms with Crippen molar-refractivity contribution < 1.29 is 0 Å². The standard InChI is InChI=1S/C13H33N3Si2/c1-9-13(2)17-11-10-12-18(14(3)4,15(5)6)16(7)8/h9H,10-12,17H2,1-8H3. The van der Waals surface area contributed by atoms with Gasteiger partial charge in [0.1, 0.15) is 0 Å². The Morgan fingerprint density at radius 2 is 1.44 bits per heavy atom. The second-order valence-electron chi connectivity index (χ2n) is 5.80. The van der Waals surface area contributed by atoms with Gasteiger partial charge in [-0.15, -0.1) is 0 Å². The first-order valence-corrected chi connectivity index (χ1v) is 10.7. The Balaban J connectivity index is 4.52. The molecular weight excluding hydrogens is 254 g/mol. The van der Waals surface area contributed by atoms with E-state index in [1.54, 1.807) is 5.20 Å². The average molecular weight is 288 g/mol. The zero-order chi connectivity index (χ0) is 14.3. The molecule has 0 heterocycles. The highest BCUT2D eigenvalue weighted by Gasteiger charge is 2.41. The molecule has 0 atom stereocenters. The van der Waals surface area contributed by atoms with Gasteiger partial charge in [-0.2, -0.15) is 0 Å². The van der Waals surface area contributed by atoms with Crippen molar-refractivity contribution >= 4 is 18.1 Å². The summed E-state index contributed by atoms with van der Waals surface area (Å²) in [7, 11) is 11.8. The zero-order valence-corrected chi connectivity index (χ0v) is 16.2. The van der Waals surface area contributed by atoms with E-state index in [9.17, 15) is 0 Å². The molecule has 0 aliphatic carbocycles. The van der Waals surface area contributed by atoms with Crippen LogP contribution in [-0.4, -0.2) is 74.1 Å². The third-order valence-electron chi connectivity index (χ3n) is 3.97. The molecule has 0 fully saturated rings. The van der Waals surface area contributed by atoms with Gasteiger partial charge in [0.15, 0.2) is 0 Å². The minimum Gasteiger partial charge on any atom is -0.305 e. The minimum atomic E-state index is -1.61. The van der Waals surface area contributed by atoms with Gasteiger partial charge in [-0.1, -0.05) is 23.7 Å². The van der Waals surface area contributed by atoms with E-state index in [4.69, 9.17) is 0 Å². The minimum absolute atomic E-state index is 0.0208. The van der Waals surface area contributed by atoms with Crippen LogP contribution >= 0.6 is 0 Å². The van der Waals surface area contributed by atoms with Crippen LogP contribution < -0.4 is 0 Å². The fourth-order valence-corrected chi connectivity index (χ4v) is 9.09. The average Bonchev–Trinajstić information content (AvgIpc) is 2.27. The Labute approximate surface area is 118 Å². The highest BCUT2D eigenvalue weighted by atomic mass is 28.4. The van der Waals surface area contributed by atoms with Crippen LogP contribution in [0.5, 0.6) is 0 Å². The molecule has 108 valence electrons. The molecule has 0 unspecified atom stereocenters. The topological polar surface area (TPSA) is 9.72 Å². The van der Waals surface area contributed by atoms with E-state index >= 15 is 0 Å². The molecule has 0 saturated carbocycles. The fourth-order valence-electron chi connectivity index (χ4n) is 2.78. The summed E-state index contributed by atoms with van der Waals surface area (Å²) in [6.07, 6.45) is 3.67. The first-order chi connectivity index (χ1) is 8.28. The van der Waals surface area contributed by atoms with Gasteiger partial charge in [-0.05, 0) is 62.2 Å². The second kappa shape index (κ2) is 8.27. The molecule has 0 rings (SSSR count). The smallest absolute Gasteiger partial charge is 0.288 e. The van der Waals surface area contributed by atoms with Gasteiger partial charge in [-0.3, -0.25) is 0 Å². The quantitative estimate of drug-likeness (QED) is 0.495. The molecule has 5 heteroatoms. The summed E-state index contributed by atoms with van der Waals surface area (Å²) in [5, 5.41) is 1.65. The maximum atomic E-state index is 2.47. The van der Waals surface area contributed by atoms with Crippen molar-refractivity contribution in [3.8, 4) is 0 Å². The van der Waals surface area contributed by atoms with Crippen LogP contribution in [0.15, 0.2) is 11.3 Å². The van der Waals surface area contributed by atoms with Gasteiger partial charge in [-0.25, -0.2) is 0 Å². The number of hydrogen-bond acceptors (Lipinski definition) is 3.